The minimum Gasteiger partial charge on any atom is -0.344 e. The maximum atomic E-state index is 13.5. The van der Waals surface area contributed by atoms with Crippen LogP contribution < -0.4 is 5.32 Å². The molecule has 1 aromatic rings. The van der Waals surface area contributed by atoms with E-state index < -0.39 is 11.6 Å². The normalized spacial score (nSPS) is 16.0. The molecule has 0 spiro atoms. The second-order valence-corrected chi connectivity index (χ2v) is 5.30. The van der Waals surface area contributed by atoms with E-state index in [2.05, 4.69) is 10.2 Å². The monoisotopic (exact) mass is 297 g/mol. The van der Waals surface area contributed by atoms with Crippen molar-refractivity contribution in [3.63, 3.8) is 0 Å². The molecule has 116 valence electrons. The summed E-state index contributed by atoms with van der Waals surface area (Å²) in [6.45, 7) is 5.27. The van der Waals surface area contributed by atoms with Crippen LogP contribution in [0.15, 0.2) is 18.2 Å². The van der Waals surface area contributed by atoms with Crippen LogP contribution in [0.5, 0.6) is 0 Å². The van der Waals surface area contributed by atoms with E-state index in [1.54, 1.807) is 11.9 Å². The van der Waals surface area contributed by atoms with Gasteiger partial charge in [-0.15, -0.1) is 0 Å². The fraction of sp³-hybridized carbons (Fsp3) is 0.533. The molecule has 1 saturated heterocycles. The molecule has 1 aliphatic rings. The molecule has 1 amide bonds. The van der Waals surface area contributed by atoms with E-state index in [1.807, 2.05) is 0 Å². The third kappa shape index (κ3) is 4.47. The lowest BCUT2D eigenvalue weighted by Gasteiger charge is -2.29. The average molecular weight is 297 g/mol. The molecule has 0 aliphatic carbocycles. The Kier molecular flexibility index (Phi) is 5.64. The van der Waals surface area contributed by atoms with E-state index in [1.165, 1.54) is 12.1 Å². The van der Waals surface area contributed by atoms with Gasteiger partial charge in [0.2, 0.25) is 5.91 Å². The van der Waals surface area contributed by atoms with Gasteiger partial charge in [0.25, 0.3) is 0 Å². The Morgan fingerprint density at radius 1 is 1.33 bits per heavy atom. The van der Waals surface area contributed by atoms with Crippen LogP contribution in [0, 0.1) is 11.6 Å². The molecule has 0 radical (unpaired) electrons. The Morgan fingerprint density at radius 3 is 2.76 bits per heavy atom. The first-order chi connectivity index (χ1) is 10.1. The molecule has 1 aliphatic heterocycles. The highest BCUT2D eigenvalue weighted by atomic mass is 19.2. The number of nitrogens with one attached hydrogen (secondary N) is 1. The number of carbonyl (C=O) groups excluding carboxylic acids is 1. The molecule has 0 saturated carbocycles. The molecular formula is C15H21F2N3O. The van der Waals surface area contributed by atoms with Crippen molar-refractivity contribution in [1.82, 2.24) is 15.1 Å². The van der Waals surface area contributed by atoms with E-state index in [9.17, 15) is 13.6 Å². The number of nitrogens with zero attached hydrogens (tertiary/aromatic N) is 2. The summed E-state index contributed by atoms with van der Waals surface area (Å²) < 4.78 is 26.7. The van der Waals surface area contributed by atoms with Crippen LogP contribution >= 0.6 is 0 Å². The lowest BCUT2D eigenvalue weighted by Crippen LogP contribution is -2.46. The number of halogens is 2. The minimum absolute atomic E-state index is 0.106. The highest BCUT2D eigenvalue weighted by Crippen LogP contribution is 2.12. The summed E-state index contributed by atoms with van der Waals surface area (Å²) >= 11 is 0. The quantitative estimate of drug-likeness (QED) is 0.876. The summed E-state index contributed by atoms with van der Waals surface area (Å²) in [6.07, 6.45) is -0.109. The summed E-state index contributed by atoms with van der Waals surface area (Å²) in [4.78, 5) is 15.9. The van der Waals surface area contributed by atoms with Crippen molar-refractivity contribution < 1.29 is 13.6 Å². The van der Waals surface area contributed by atoms with Gasteiger partial charge in [0.15, 0.2) is 11.6 Å². The molecule has 21 heavy (non-hydrogen) atoms. The number of carbonyl (C=O) groups is 1. The SMILES string of the molecule is CN(CCN1CCNCC1)C(=O)Cc1cccc(F)c1F. The van der Waals surface area contributed by atoms with Crippen molar-refractivity contribution in [2.45, 2.75) is 6.42 Å². The number of benzene rings is 1. The number of hydrogen-bond acceptors (Lipinski definition) is 3. The highest BCUT2D eigenvalue weighted by molar-refractivity contribution is 5.78. The van der Waals surface area contributed by atoms with Crippen molar-refractivity contribution in [3.8, 4) is 0 Å². The number of hydrogen-bond donors (Lipinski definition) is 1. The van der Waals surface area contributed by atoms with E-state index >= 15 is 0 Å². The van der Waals surface area contributed by atoms with Crippen molar-refractivity contribution in [1.29, 1.82) is 0 Å². The molecule has 0 bridgehead atoms. The molecule has 1 aromatic carbocycles. The van der Waals surface area contributed by atoms with Gasteiger partial charge in [0.1, 0.15) is 0 Å². The molecular weight excluding hydrogens is 276 g/mol. The molecule has 1 fully saturated rings. The first-order valence-electron chi connectivity index (χ1n) is 7.18. The van der Waals surface area contributed by atoms with Crippen LogP contribution in [-0.4, -0.2) is 62.0 Å². The smallest absolute Gasteiger partial charge is 0.226 e. The summed E-state index contributed by atoms with van der Waals surface area (Å²) in [5.41, 5.74) is 0.106. The Hall–Kier alpha value is -1.53. The van der Waals surface area contributed by atoms with Crippen LogP contribution in [0.4, 0.5) is 8.78 Å². The fourth-order valence-electron chi connectivity index (χ4n) is 2.33. The number of rotatable bonds is 5. The zero-order valence-corrected chi connectivity index (χ0v) is 12.2. The maximum Gasteiger partial charge on any atom is 0.226 e. The fourth-order valence-corrected chi connectivity index (χ4v) is 2.33. The first-order valence-corrected chi connectivity index (χ1v) is 7.18. The van der Waals surface area contributed by atoms with Gasteiger partial charge in [-0.05, 0) is 6.07 Å². The molecule has 1 heterocycles. The molecule has 0 aromatic heterocycles. The topological polar surface area (TPSA) is 35.6 Å². The lowest BCUT2D eigenvalue weighted by molar-refractivity contribution is -0.129. The van der Waals surface area contributed by atoms with Gasteiger partial charge in [-0.2, -0.15) is 0 Å². The molecule has 0 unspecified atom stereocenters. The van der Waals surface area contributed by atoms with Gasteiger partial charge < -0.3 is 10.2 Å². The predicted molar refractivity (Wildman–Crippen MR) is 77.0 cm³/mol. The third-order valence-electron chi connectivity index (χ3n) is 3.76. The van der Waals surface area contributed by atoms with E-state index in [-0.39, 0.29) is 17.9 Å². The molecule has 1 N–H and O–H groups in total. The molecule has 2 rings (SSSR count). The molecule has 4 nitrogen and oxygen atoms in total. The van der Waals surface area contributed by atoms with Gasteiger partial charge in [-0.25, -0.2) is 8.78 Å². The zero-order chi connectivity index (χ0) is 15.2. The third-order valence-corrected chi connectivity index (χ3v) is 3.76. The van der Waals surface area contributed by atoms with Crippen molar-refractivity contribution >= 4 is 5.91 Å². The summed E-state index contributed by atoms with van der Waals surface area (Å²) in [5, 5.41) is 3.27. The second kappa shape index (κ2) is 7.47. The largest absolute Gasteiger partial charge is 0.344 e. The predicted octanol–water partition coefficient (Wildman–Crippen LogP) is 0.871. The van der Waals surface area contributed by atoms with Crippen LogP contribution in [-0.2, 0) is 11.2 Å². The summed E-state index contributed by atoms with van der Waals surface area (Å²) in [5.74, 6) is -2.04. The summed E-state index contributed by atoms with van der Waals surface area (Å²) in [7, 11) is 1.70. The van der Waals surface area contributed by atoms with Crippen LogP contribution in [0.2, 0.25) is 0 Å². The van der Waals surface area contributed by atoms with E-state index in [4.69, 9.17) is 0 Å². The number of likely N-dealkylation sites (N-methyl/N-ethyl adjacent to an activating group) is 1. The van der Waals surface area contributed by atoms with Gasteiger partial charge in [-0.3, -0.25) is 9.69 Å². The Balaban J connectivity index is 1.83. The molecule has 6 heteroatoms. The first kappa shape index (κ1) is 15.9. The summed E-state index contributed by atoms with van der Waals surface area (Å²) in [6, 6.07) is 3.92. The molecule has 0 atom stereocenters. The van der Waals surface area contributed by atoms with Gasteiger partial charge in [0, 0.05) is 51.9 Å². The number of amides is 1. The Labute approximate surface area is 123 Å². The van der Waals surface area contributed by atoms with Crippen molar-refractivity contribution in [2.75, 3.05) is 46.3 Å². The van der Waals surface area contributed by atoms with Crippen molar-refractivity contribution in [3.05, 3.63) is 35.4 Å². The van der Waals surface area contributed by atoms with Crippen LogP contribution in [0.1, 0.15) is 5.56 Å². The Morgan fingerprint density at radius 2 is 2.05 bits per heavy atom. The van der Waals surface area contributed by atoms with Gasteiger partial charge in [0.05, 0.1) is 6.42 Å². The average Bonchev–Trinajstić information content (AvgIpc) is 2.50. The number of piperazine rings is 1. The van der Waals surface area contributed by atoms with Gasteiger partial charge in [-0.1, -0.05) is 12.1 Å². The minimum atomic E-state index is -0.929. The lowest BCUT2D eigenvalue weighted by atomic mass is 10.1. The van der Waals surface area contributed by atoms with E-state index in [0.717, 1.165) is 38.8 Å². The second-order valence-electron chi connectivity index (χ2n) is 5.30. The zero-order valence-electron chi connectivity index (χ0n) is 12.2. The standard InChI is InChI=1S/C15H21F2N3O/c1-19(9-10-20-7-5-18-6-8-20)14(21)11-12-3-2-4-13(16)15(12)17/h2-4,18H,5-11H2,1H3. The van der Waals surface area contributed by atoms with Crippen LogP contribution in [0.3, 0.4) is 0 Å². The maximum absolute atomic E-state index is 13.5. The van der Waals surface area contributed by atoms with Gasteiger partial charge >= 0.3 is 0 Å². The van der Waals surface area contributed by atoms with Crippen LogP contribution in [0.25, 0.3) is 0 Å². The Bertz CT molecular complexity index is 490. The highest BCUT2D eigenvalue weighted by Gasteiger charge is 2.16. The van der Waals surface area contributed by atoms with Crippen molar-refractivity contribution in [2.24, 2.45) is 0 Å². The van der Waals surface area contributed by atoms with E-state index in [0.29, 0.717) is 6.54 Å².